The number of hydrogen-bond acceptors (Lipinski definition) is 2. The molecule has 1 aliphatic rings. The maximum absolute atomic E-state index is 3.73. The summed E-state index contributed by atoms with van der Waals surface area (Å²) in [5.74, 6) is 3.12. The Labute approximate surface area is 113 Å². The highest BCUT2D eigenvalue weighted by Crippen LogP contribution is 2.31. The predicted octanol–water partition coefficient (Wildman–Crippen LogP) is 4.32. The number of thioether (sulfide) groups is 1. The van der Waals surface area contributed by atoms with Gasteiger partial charge in [-0.15, -0.1) is 0 Å². The van der Waals surface area contributed by atoms with Gasteiger partial charge in [0, 0.05) is 11.3 Å². The summed E-state index contributed by atoms with van der Waals surface area (Å²) in [6.07, 6.45) is 7.00. The molecule has 102 valence electrons. The minimum absolute atomic E-state index is 0.817. The first kappa shape index (κ1) is 15.4. The second kappa shape index (κ2) is 8.42. The van der Waals surface area contributed by atoms with E-state index >= 15 is 0 Å². The average molecular weight is 257 g/mol. The lowest BCUT2D eigenvalue weighted by Crippen LogP contribution is -2.33. The van der Waals surface area contributed by atoms with Gasteiger partial charge in [-0.3, -0.25) is 0 Å². The smallest absolute Gasteiger partial charge is 0.00956 e. The van der Waals surface area contributed by atoms with Gasteiger partial charge >= 0.3 is 0 Å². The standard InChI is InChI=1S/C15H31NS/c1-5-10-16-15-8-6-7-14(15)9-11-17-13(4)12(2)3/h12-16H,5-11H2,1-4H3. The van der Waals surface area contributed by atoms with Gasteiger partial charge in [-0.2, -0.15) is 11.8 Å². The van der Waals surface area contributed by atoms with Crippen molar-refractivity contribution in [3.63, 3.8) is 0 Å². The highest BCUT2D eigenvalue weighted by atomic mass is 32.2. The van der Waals surface area contributed by atoms with Gasteiger partial charge in [-0.1, -0.05) is 34.1 Å². The van der Waals surface area contributed by atoms with Crippen molar-refractivity contribution < 1.29 is 0 Å². The Morgan fingerprint density at radius 2 is 2.00 bits per heavy atom. The molecular formula is C15H31NS. The molecule has 0 saturated heterocycles. The van der Waals surface area contributed by atoms with E-state index in [2.05, 4.69) is 44.8 Å². The highest BCUT2D eigenvalue weighted by molar-refractivity contribution is 7.99. The Bertz CT molecular complexity index is 193. The summed E-state index contributed by atoms with van der Waals surface area (Å²) in [7, 11) is 0. The van der Waals surface area contributed by atoms with E-state index < -0.39 is 0 Å². The first-order valence-electron chi connectivity index (χ1n) is 7.50. The quantitative estimate of drug-likeness (QED) is 0.695. The maximum atomic E-state index is 3.73. The van der Waals surface area contributed by atoms with Crippen molar-refractivity contribution in [2.24, 2.45) is 11.8 Å². The normalized spacial score (nSPS) is 26.6. The first-order valence-corrected chi connectivity index (χ1v) is 8.55. The molecule has 3 unspecified atom stereocenters. The minimum Gasteiger partial charge on any atom is -0.314 e. The third-order valence-corrected chi connectivity index (χ3v) is 5.67. The largest absolute Gasteiger partial charge is 0.314 e. The molecule has 0 radical (unpaired) electrons. The average Bonchev–Trinajstić information content (AvgIpc) is 2.73. The molecule has 0 aromatic rings. The Kier molecular flexibility index (Phi) is 7.61. The highest BCUT2D eigenvalue weighted by Gasteiger charge is 2.26. The molecule has 2 heteroatoms. The SMILES string of the molecule is CCCNC1CCCC1CCSC(C)C(C)C. The van der Waals surface area contributed by atoms with Gasteiger partial charge in [-0.25, -0.2) is 0 Å². The molecule has 0 bridgehead atoms. The zero-order chi connectivity index (χ0) is 12.7. The van der Waals surface area contributed by atoms with Crippen LogP contribution in [0, 0.1) is 11.8 Å². The molecule has 0 spiro atoms. The van der Waals surface area contributed by atoms with Crippen LogP contribution in [0.15, 0.2) is 0 Å². The van der Waals surface area contributed by atoms with Gasteiger partial charge in [0.2, 0.25) is 0 Å². The fourth-order valence-electron chi connectivity index (χ4n) is 2.58. The fraction of sp³-hybridized carbons (Fsp3) is 1.00. The Morgan fingerprint density at radius 3 is 2.65 bits per heavy atom. The van der Waals surface area contributed by atoms with E-state index in [1.54, 1.807) is 0 Å². The van der Waals surface area contributed by atoms with Gasteiger partial charge < -0.3 is 5.32 Å². The Balaban J connectivity index is 2.16. The molecule has 3 atom stereocenters. The van der Waals surface area contributed by atoms with Crippen molar-refractivity contribution in [1.29, 1.82) is 0 Å². The molecule has 0 aromatic carbocycles. The van der Waals surface area contributed by atoms with Gasteiger partial charge in [0.15, 0.2) is 0 Å². The van der Waals surface area contributed by atoms with Crippen molar-refractivity contribution in [3.05, 3.63) is 0 Å². The summed E-state index contributed by atoms with van der Waals surface area (Å²) < 4.78 is 0. The summed E-state index contributed by atoms with van der Waals surface area (Å²) in [4.78, 5) is 0. The summed E-state index contributed by atoms with van der Waals surface area (Å²) in [5, 5.41) is 4.55. The zero-order valence-electron chi connectivity index (χ0n) is 12.2. The van der Waals surface area contributed by atoms with E-state index in [1.807, 2.05) is 0 Å². The van der Waals surface area contributed by atoms with E-state index in [0.717, 1.165) is 23.1 Å². The molecule has 0 aromatic heterocycles. The molecule has 0 aliphatic heterocycles. The Morgan fingerprint density at radius 1 is 1.24 bits per heavy atom. The van der Waals surface area contributed by atoms with Crippen LogP contribution < -0.4 is 5.32 Å². The van der Waals surface area contributed by atoms with Crippen LogP contribution in [0.5, 0.6) is 0 Å². The van der Waals surface area contributed by atoms with Gasteiger partial charge in [0.05, 0.1) is 0 Å². The van der Waals surface area contributed by atoms with Crippen LogP contribution in [-0.4, -0.2) is 23.6 Å². The van der Waals surface area contributed by atoms with E-state index in [1.165, 1.54) is 44.4 Å². The van der Waals surface area contributed by atoms with Crippen LogP contribution in [0.2, 0.25) is 0 Å². The van der Waals surface area contributed by atoms with E-state index in [0.29, 0.717) is 0 Å². The molecule has 1 fully saturated rings. The molecule has 1 N–H and O–H groups in total. The van der Waals surface area contributed by atoms with Crippen molar-refractivity contribution in [2.75, 3.05) is 12.3 Å². The van der Waals surface area contributed by atoms with Gasteiger partial charge in [-0.05, 0) is 49.8 Å². The monoisotopic (exact) mass is 257 g/mol. The second-order valence-electron chi connectivity index (χ2n) is 5.86. The van der Waals surface area contributed by atoms with Crippen molar-refractivity contribution in [1.82, 2.24) is 5.32 Å². The van der Waals surface area contributed by atoms with Gasteiger partial charge in [0.1, 0.15) is 0 Å². The van der Waals surface area contributed by atoms with Crippen molar-refractivity contribution >= 4 is 11.8 Å². The lowest BCUT2D eigenvalue weighted by Gasteiger charge is -2.22. The predicted molar refractivity (Wildman–Crippen MR) is 80.8 cm³/mol. The van der Waals surface area contributed by atoms with Crippen LogP contribution in [0.25, 0.3) is 0 Å². The molecule has 0 heterocycles. The van der Waals surface area contributed by atoms with E-state index in [4.69, 9.17) is 0 Å². The first-order chi connectivity index (χ1) is 8.15. The molecule has 1 saturated carbocycles. The van der Waals surface area contributed by atoms with Crippen LogP contribution >= 0.6 is 11.8 Å². The minimum atomic E-state index is 0.817. The van der Waals surface area contributed by atoms with E-state index in [9.17, 15) is 0 Å². The zero-order valence-corrected chi connectivity index (χ0v) is 13.0. The summed E-state index contributed by atoms with van der Waals surface area (Å²) in [5.41, 5.74) is 0. The number of hydrogen-bond donors (Lipinski definition) is 1. The molecule has 1 aliphatic carbocycles. The van der Waals surface area contributed by atoms with Crippen molar-refractivity contribution in [3.8, 4) is 0 Å². The lowest BCUT2D eigenvalue weighted by molar-refractivity contribution is 0.393. The number of nitrogens with one attached hydrogen (secondary N) is 1. The third kappa shape index (κ3) is 5.65. The van der Waals surface area contributed by atoms with Gasteiger partial charge in [0.25, 0.3) is 0 Å². The summed E-state index contributed by atoms with van der Waals surface area (Å²) >= 11 is 2.17. The van der Waals surface area contributed by atoms with Crippen LogP contribution in [0.3, 0.4) is 0 Å². The third-order valence-electron chi connectivity index (χ3n) is 4.12. The fourth-order valence-corrected chi connectivity index (χ4v) is 3.77. The van der Waals surface area contributed by atoms with Crippen molar-refractivity contribution in [2.45, 2.75) is 71.1 Å². The lowest BCUT2D eigenvalue weighted by atomic mass is 10.0. The second-order valence-corrected chi connectivity index (χ2v) is 7.35. The summed E-state index contributed by atoms with van der Waals surface area (Å²) in [6.45, 7) is 10.5. The molecule has 17 heavy (non-hydrogen) atoms. The molecule has 0 amide bonds. The maximum Gasteiger partial charge on any atom is 0.00956 e. The summed E-state index contributed by atoms with van der Waals surface area (Å²) in [6, 6.07) is 0.824. The Hall–Kier alpha value is 0.310. The molecular weight excluding hydrogens is 226 g/mol. The number of rotatable bonds is 8. The van der Waals surface area contributed by atoms with Crippen LogP contribution in [0.4, 0.5) is 0 Å². The van der Waals surface area contributed by atoms with E-state index in [-0.39, 0.29) is 0 Å². The molecule has 1 rings (SSSR count). The molecule has 1 nitrogen and oxygen atoms in total. The van der Waals surface area contributed by atoms with Crippen LogP contribution in [-0.2, 0) is 0 Å². The van der Waals surface area contributed by atoms with Crippen LogP contribution in [0.1, 0.15) is 59.8 Å². The topological polar surface area (TPSA) is 12.0 Å².